The van der Waals surface area contributed by atoms with E-state index in [1.807, 2.05) is 0 Å². The summed E-state index contributed by atoms with van der Waals surface area (Å²) in [5.41, 5.74) is 0. The Morgan fingerprint density at radius 2 is 0.742 bits per heavy atom. The van der Waals surface area contributed by atoms with Crippen LogP contribution in [0.4, 0.5) is 0 Å². The molecule has 0 aliphatic rings. The Labute approximate surface area is 385 Å². The maximum atomic E-state index is 12.8. The molecular formula is C57H100O5. The molecule has 0 heterocycles. The molecule has 0 radical (unpaired) electrons. The van der Waals surface area contributed by atoms with Gasteiger partial charge in [0.25, 0.3) is 0 Å². The van der Waals surface area contributed by atoms with Crippen molar-refractivity contribution in [1.82, 2.24) is 0 Å². The average molecular weight is 865 g/mol. The molecule has 1 unspecified atom stereocenters. The summed E-state index contributed by atoms with van der Waals surface area (Å²) < 4.78 is 17.4. The quantitative estimate of drug-likeness (QED) is 0.0346. The Kier molecular flexibility index (Phi) is 50.4. The molecule has 0 aliphatic heterocycles. The van der Waals surface area contributed by atoms with Crippen molar-refractivity contribution in [3.05, 3.63) is 72.9 Å². The standard InChI is InChI=1S/C57H100O5/c1-4-7-10-13-16-19-22-24-26-28-30-32-34-37-40-43-46-49-52-60-53-55(62-57(59)51-48-45-42-39-35-21-18-15-12-9-6-3)54-61-56(58)50-47-44-41-38-36-33-31-29-27-25-23-20-17-14-11-8-5-2/h7,10,15-16,18-19,24,26,30,32,37,40,55H,4-6,8-9,11-14,17,20-23,25,27-29,31,33-36,38-39,41-54H2,1-3H3/b10-7-,18-15-,19-16-,26-24-,32-30-,40-37-. The van der Waals surface area contributed by atoms with Gasteiger partial charge in [-0.05, 0) is 83.5 Å². The first-order valence-electron chi connectivity index (χ1n) is 26.5. The molecule has 0 rings (SSSR count). The second-order valence-electron chi connectivity index (χ2n) is 17.4. The van der Waals surface area contributed by atoms with E-state index in [2.05, 4.69) is 93.7 Å². The molecule has 0 aliphatic carbocycles. The zero-order valence-corrected chi connectivity index (χ0v) is 41.1. The Morgan fingerprint density at radius 1 is 0.371 bits per heavy atom. The largest absolute Gasteiger partial charge is 0.462 e. The van der Waals surface area contributed by atoms with Crippen LogP contribution in [0, 0.1) is 0 Å². The molecule has 0 aromatic heterocycles. The minimum atomic E-state index is -0.563. The molecule has 358 valence electrons. The van der Waals surface area contributed by atoms with Gasteiger partial charge in [0.2, 0.25) is 0 Å². The smallest absolute Gasteiger partial charge is 0.306 e. The van der Waals surface area contributed by atoms with Gasteiger partial charge in [-0.25, -0.2) is 0 Å². The highest BCUT2D eigenvalue weighted by atomic mass is 16.6. The van der Waals surface area contributed by atoms with Crippen LogP contribution in [0.25, 0.3) is 0 Å². The van der Waals surface area contributed by atoms with E-state index in [1.54, 1.807) is 0 Å². The van der Waals surface area contributed by atoms with Crippen molar-refractivity contribution in [3.63, 3.8) is 0 Å². The van der Waals surface area contributed by atoms with Gasteiger partial charge in [0.1, 0.15) is 6.61 Å². The summed E-state index contributed by atoms with van der Waals surface area (Å²) in [4.78, 5) is 25.4. The second kappa shape index (κ2) is 52.7. The van der Waals surface area contributed by atoms with Crippen LogP contribution in [-0.4, -0.2) is 37.9 Å². The zero-order chi connectivity index (χ0) is 44.9. The van der Waals surface area contributed by atoms with Crippen LogP contribution >= 0.6 is 0 Å². The molecular weight excluding hydrogens is 765 g/mol. The number of esters is 2. The van der Waals surface area contributed by atoms with E-state index in [0.29, 0.717) is 19.4 Å². The first-order chi connectivity index (χ1) is 30.6. The van der Waals surface area contributed by atoms with E-state index < -0.39 is 6.10 Å². The predicted molar refractivity (Wildman–Crippen MR) is 270 cm³/mol. The molecule has 0 fully saturated rings. The van der Waals surface area contributed by atoms with E-state index >= 15 is 0 Å². The Hall–Kier alpha value is -2.66. The predicted octanol–water partition coefficient (Wildman–Crippen LogP) is 17.9. The van der Waals surface area contributed by atoms with Crippen molar-refractivity contribution in [2.45, 2.75) is 258 Å². The SMILES string of the molecule is CC/C=C\C/C=C\C/C=C\C/C=C\C/C=C\CCCCOCC(COC(=O)CCCCCCCCCCCCCCCCCCC)OC(=O)CCCCCCC/C=C\CCCC. The average Bonchev–Trinajstić information content (AvgIpc) is 3.27. The number of allylic oxidation sites excluding steroid dienone is 12. The monoisotopic (exact) mass is 865 g/mol. The molecule has 5 nitrogen and oxygen atoms in total. The number of carbonyl (C=O) groups excluding carboxylic acids is 2. The van der Waals surface area contributed by atoms with Gasteiger partial charge in [0.05, 0.1) is 6.61 Å². The van der Waals surface area contributed by atoms with Gasteiger partial charge >= 0.3 is 11.9 Å². The molecule has 1 atom stereocenters. The normalized spacial score (nSPS) is 12.8. The highest BCUT2D eigenvalue weighted by Crippen LogP contribution is 2.15. The van der Waals surface area contributed by atoms with E-state index in [0.717, 1.165) is 89.9 Å². The van der Waals surface area contributed by atoms with Crippen LogP contribution in [0.2, 0.25) is 0 Å². The van der Waals surface area contributed by atoms with Crippen molar-refractivity contribution in [1.29, 1.82) is 0 Å². The Morgan fingerprint density at radius 3 is 1.23 bits per heavy atom. The van der Waals surface area contributed by atoms with Crippen LogP contribution in [0.15, 0.2) is 72.9 Å². The summed E-state index contributed by atoms with van der Waals surface area (Å²) in [6.45, 7) is 7.59. The molecule has 0 N–H and O–H groups in total. The highest BCUT2D eigenvalue weighted by Gasteiger charge is 2.17. The van der Waals surface area contributed by atoms with Crippen molar-refractivity contribution >= 4 is 11.9 Å². The maximum Gasteiger partial charge on any atom is 0.306 e. The number of ether oxygens (including phenoxy) is 3. The van der Waals surface area contributed by atoms with Crippen molar-refractivity contribution < 1.29 is 23.8 Å². The molecule has 62 heavy (non-hydrogen) atoms. The summed E-state index contributed by atoms with van der Waals surface area (Å²) in [5.74, 6) is -0.427. The highest BCUT2D eigenvalue weighted by molar-refractivity contribution is 5.70. The Bertz CT molecular complexity index is 1110. The van der Waals surface area contributed by atoms with E-state index in [1.165, 1.54) is 128 Å². The molecule has 5 heteroatoms. The first kappa shape index (κ1) is 59.3. The number of rotatable bonds is 48. The van der Waals surface area contributed by atoms with Crippen LogP contribution in [-0.2, 0) is 23.8 Å². The van der Waals surface area contributed by atoms with Crippen molar-refractivity contribution in [2.75, 3.05) is 19.8 Å². The third-order valence-electron chi connectivity index (χ3n) is 11.2. The van der Waals surface area contributed by atoms with Gasteiger partial charge < -0.3 is 14.2 Å². The van der Waals surface area contributed by atoms with Gasteiger partial charge in [0.15, 0.2) is 6.10 Å². The van der Waals surface area contributed by atoms with Crippen LogP contribution in [0.3, 0.4) is 0 Å². The third kappa shape index (κ3) is 50.0. The topological polar surface area (TPSA) is 61.8 Å². The van der Waals surface area contributed by atoms with E-state index in [-0.39, 0.29) is 25.2 Å². The molecule has 0 bridgehead atoms. The van der Waals surface area contributed by atoms with E-state index in [9.17, 15) is 9.59 Å². The lowest BCUT2D eigenvalue weighted by molar-refractivity contribution is -0.163. The van der Waals surface area contributed by atoms with Gasteiger partial charge in [0, 0.05) is 19.4 Å². The lowest BCUT2D eigenvalue weighted by atomic mass is 10.0. The molecule has 0 aromatic rings. The molecule has 0 saturated carbocycles. The zero-order valence-electron chi connectivity index (χ0n) is 41.1. The van der Waals surface area contributed by atoms with Crippen molar-refractivity contribution in [2.24, 2.45) is 0 Å². The third-order valence-corrected chi connectivity index (χ3v) is 11.2. The number of carbonyl (C=O) groups is 2. The number of hydrogen-bond acceptors (Lipinski definition) is 5. The minimum Gasteiger partial charge on any atom is -0.462 e. The van der Waals surface area contributed by atoms with Gasteiger partial charge in [-0.15, -0.1) is 0 Å². The second-order valence-corrected chi connectivity index (χ2v) is 17.4. The first-order valence-corrected chi connectivity index (χ1v) is 26.5. The molecule has 0 amide bonds. The summed E-state index contributed by atoms with van der Waals surface area (Å²) in [6.07, 6.45) is 67.8. The fraction of sp³-hybridized carbons (Fsp3) is 0.754. The van der Waals surface area contributed by atoms with Crippen LogP contribution < -0.4 is 0 Å². The lowest BCUT2D eigenvalue weighted by Gasteiger charge is -2.18. The number of hydrogen-bond donors (Lipinski definition) is 0. The number of unbranched alkanes of at least 4 members (excludes halogenated alkanes) is 25. The van der Waals surface area contributed by atoms with Gasteiger partial charge in [-0.1, -0.05) is 229 Å². The summed E-state index contributed by atoms with van der Waals surface area (Å²) in [7, 11) is 0. The fourth-order valence-corrected chi connectivity index (χ4v) is 7.28. The van der Waals surface area contributed by atoms with Crippen molar-refractivity contribution in [3.8, 4) is 0 Å². The molecule has 0 saturated heterocycles. The van der Waals surface area contributed by atoms with E-state index in [4.69, 9.17) is 14.2 Å². The lowest BCUT2D eigenvalue weighted by Crippen LogP contribution is -2.30. The van der Waals surface area contributed by atoms with Gasteiger partial charge in [-0.2, -0.15) is 0 Å². The molecule has 0 spiro atoms. The molecule has 0 aromatic carbocycles. The maximum absolute atomic E-state index is 12.8. The summed E-state index contributed by atoms with van der Waals surface area (Å²) in [5, 5.41) is 0. The fourth-order valence-electron chi connectivity index (χ4n) is 7.28. The minimum absolute atomic E-state index is 0.0648. The van der Waals surface area contributed by atoms with Gasteiger partial charge in [-0.3, -0.25) is 9.59 Å². The Balaban J connectivity index is 4.30. The summed E-state index contributed by atoms with van der Waals surface area (Å²) >= 11 is 0. The van der Waals surface area contributed by atoms with Crippen LogP contribution in [0.1, 0.15) is 252 Å². The summed E-state index contributed by atoms with van der Waals surface area (Å²) in [6, 6.07) is 0. The van der Waals surface area contributed by atoms with Crippen LogP contribution in [0.5, 0.6) is 0 Å².